The van der Waals surface area contributed by atoms with Crippen molar-refractivity contribution >= 4 is 17.0 Å². The number of nitrogens with zero attached hydrogens (tertiary/aromatic N) is 2. The van der Waals surface area contributed by atoms with Crippen molar-refractivity contribution in [1.29, 1.82) is 0 Å². The molecule has 1 atom stereocenters. The molecule has 88 valence electrons. The normalized spacial score (nSPS) is 19.2. The van der Waals surface area contributed by atoms with Gasteiger partial charge in [-0.05, 0) is 30.5 Å². The SMILES string of the molecule is C[C@H]1CCn2c(nc3cc(C(=O)O)ccc32)C1. The van der Waals surface area contributed by atoms with Gasteiger partial charge in [0, 0.05) is 13.0 Å². The minimum Gasteiger partial charge on any atom is -0.478 e. The summed E-state index contributed by atoms with van der Waals surface area (Å²) in [5, 5.41) is 8.95. The predicted molar refractivity (Wildman–Crippen MR) is 64.2 cm³/mol. The summed E-state index contributed by atoms with van der Waals surface area (Å²) in [5.74, 6) is 0.853. The van der Waals surface area contributed by atoms with Crippen LogP contribution in [-0.2, 0) is 13.0 Å². The van der Waals surface area contributed by atoms with Crippen molar-refractivity contribution in [3.63, 3.8) is 0 Å². The van der Waals surface area contributed by atoms with E-state index < -0.39 is 5.97 Å². The summed E-state index contributed by atoms with van der Waals surface area (Å²) in [6.07, 6.45) is 2.15. The molecule has 3 rings (SSSR count). The second-order valence-electron chi connectivity index (χ2n) is 4.79. The number of carboxylic acid groups (broad SMARTS) is 1. The van der Waals surface area contributed by atoms with Crippen LogP contribution in [0.3, 0.4) is 0 Å². The third-order valence-corrected chi connectivity index (χ3v) is 3.45. The predicted octanol–water partition coefficient (Wildman–Crippen LogP) is 2.32. The highest BCUT2D eigenvalue weighted by atomic mass is 16.4. The third-order valence-electron chi connectivity index (χ3n) is 3.45. The molecule has 0 spiro atoms. The van der Waals surface area contributed by atoms with Gasteiger partial charge in [0.15, 0.2) is 0 Å². The highest BCUT2D eigenvalue weighted by Crippen LogP contribution is 2.25. The molecule has 2 heterocycles. The van der Waals surface area contributed by atoms with Crippen LogP contribution in [0.4, 0.5) is 0 Å². The maximum absolute atomic E-state index is 10.9. The molecule has 1 aromatic carbocycles. The Morgan fingerprint density at radius 2 is 2.35 bits per heavy atom. The molecule has 0 unspecified atom stereocenters. The van der Waals surface area contributed by atoms with Gasteiger partial charge in [-0.3, -0.25) is 0 Å². The summed E-state index contributed by atoms with van der Waals surface area (Å²) in [6, 6.07) is 5.18. The highest BCUT2D eigenvalue weighted by molar-refractivity contribution is 5.92. The number of aromatic nitrogens is 2. The van der Waals surface area contributed by atoms with Gasteiger partial charge in [0.2, 0.25) is 0 Å². The van der Waals surface area contributed by atoms with Crippen molar-refractivity contribution in [1.82, 2.24) is 9.55 Å². The fraction of sp³-hybridized carbons (Fsp3) is 0.385. The van der Waals surface area contributed by atoms with Gasteiger partial charge in [-0.15, -0.1) is 0 Å². The summed E-state index contributed by atoms with van der Waals surface area (Å²) < 4.78 is 2.21. The summed E-state index contributed by atoms with van der Waals surface area (Å²) in [7, 11) is 0. The lowest BCUT2D eigenvalue weighted by molar-refractivity contribution is 0.0697. The number of fused-ring (bicyclic) bond motifs is 3. The van der Waals surface area contributed by atoms with Crippen LogP contribution in [-0.4, -0.2) is 20.6 Å². The maximum atomic E-state index is 10.9. The standard InChI is InChI=1S/C13H14N2O2/c1-8-4-5-15-11-3-2-9(13(16)17)7-10(11)14-12(15)6-8/h2-3,7-8H,4-6H2,1H3,(H,16,17)/t8-/m0/s1. The molecule has 17 heavy (non-hydrogen) atoms. The van der Waals surface area contributed by atoms with Gasteiger partial charge in [0.1, 0.15) is 5.82 Å². The second kappa shape index (κ2) is 3.58. The molecule has 0 fully saturated rings. The van der Waals surface area contributed by atoms with Crippen LogP contribution in [0, 0.1) is 5.92 Å². The molecule has 1 aromatic heterocycles. The van der Waals surface area contributed by atoms with Gasteiger partial charge in [-0.2, -0.15) is 0 Å². The Labute approximate surface area is 98.9 Å². The second-order valence-corrected chi connectivity index (χ2v) is 4.79. The number of rotatable bonds is 1. The number of benzene rings is 1. The summed E-state index contributed by atoms with van der Waals surface area (Å²) >= 11 is 0. The van der Waals surface area contributed by atoms with Gasteiger partial charge in [-0.1, -0.05) is 6.92 Å². The first-order chi connectivity index (χ1) is 8.15. The number of imidazole rings is 1. The molecule has 4 nitrogen and oxygen atoms in total. The molecule has 2 aromatic rings. The molecule has 0 aliphatic carbocycles. The van der Waals surface area contributed by atoms with Crippen LogP contribution in [0.2, 0.25) is 0 Å². The molecule has 0 bridgehead atoms. The molecule has 1 aliphatic heterocycles. The Kier molecular flexibility index (Phi) is 2.18. The lowest BCUT2D eigenvalue weighted by Gasteiger charge is -2.19. The zero-order chi connectivity index (χ0) is 12.0. The van der Waals surface area contributed by atoms with Gasteiger partial charge in [-0.25, -0.2) is 9.78 Å². The van der Waals surface area contributed by atoms with E-state index in [1.54, 1.807) is 12.1 Å². The van der Waals surface area contributed by atoms with Gasteiger partial charge >= 0.3 is 5.97 Å². The smallest absolute Gasteiger partial charge is 0.335 e. The van der Waals surface area contributed by atoms with Crippen molar-refractivity contribution in [2.75, 3.05) is 0 Å². The molecule has 0 saturated carbocycles. The number of aryl methyl sites for hydroxylation is 1. The third kappa shape index (κ3) is 1.60. The molecule has 0 amide bonds. The van der Waals surface area contributed by atoms with Crippen LogP contribution < -0.4 is 0 Å². The molecule has 1 aliphatic rings. The number of hydrogen-bond donors (Lipinski definition) is 1. The van der Waals surface area contributed by atoms with E-state index in [4.69, 9.17) is 5.11 Å². The Hall–Kier alpha value is -1.84. The van der Waals surface area contributed by atoms with E-state index in [0.29, 0.717) is 11.5 Å². The van der Waals surface area contributed by atoms with Crippen molar-refractivity contribution in [3.8, 4) is 0 Å². The fourth-order valence-electron chi connectivity index (χ4n) is 2.48. The maximum Gasteiger partial charge on any atom is 0.335 e. The number of aromatic carboxylic acids is 1. The first-order valence-electron chi connectivity index (χ1n) is 5.87. The van der Waals surface area contributed by atoms with E-state index in [9.17, 15) is 4.79 Å². The van der Waals surface area contributed by atoms with Crippen molar-refractivity contribution in [3.05, 3.63) is 29.6 Å². The average molecular weight is 230 g/mol. The summed E-state index contributed by atoms with van der Waals surface area (Å²) in [5.41, 5.74) is 2.16. The van der Waals surface area contributed by atoms with Crippen LogP contribution in [0.15, 0.2) is 18.2 Å². The summed E-state index contributed by atoms with van der Waals surface area (Å²) in [6.45, 7) is 3.21. The van der Waals surface area contributed by atoms with Gasteiger partial charge in [0.25, 0.3) is 0 Å². The average Bonchev–Trinajstić information content (AvgIpc) is 2.64. The minimum atomic E-state index is -0.897. The Morgan fingerprint density at radius 3 is 3.12 bits per heavy atom. The topological polar surface area (TPSA) is 55.1 Å². The Bertz CT molecular complexity index is 601. The van der Waals surface area contributed by atoms with E-state index in [-0.39, 0.29) is 0 Å². The number of carboxylic acids is 1. The first kappa shape index (κ1) is 10.3. The highest BCUT2D eigenvalue weighted by Gasteiger charge is 2.19. The van der Waals surface area contributed by atoms with E-state index in [1.165, 1.54) is 6.42 Å². The number of hydrogen-bond acceptors (Lipinski definition) is 2. The van der Waals surface area contributed by atoms with E-state index in [0.717, 1.165) is 29.8 Å². The van der Waals surface area contributed by atoms with Gasteiger partial charge in [0.05, 0.1) is 16.6 Å². The monoisotopic (exact) mass is 230 g/mol. The largest absolute Gasteiger partial charge is 0.478 e. The summed E-state index contributed by atoms with van der Waals surface area (Å²) in [4.78, 5) is 15.5. The van der Waals surface area contributed by atoms with E-state index in [1.807, 2.05) is 6.07 Å². The quantitative estimate of drug-likeness (QED) is 0.817. The van der Waals surface area contributed by atoms with Crippen molar-refractivity contribution in [2.24, 2.45) is 5.92 Å². The first-order valence-corrected chi connectivity index (χ1v) is 5.87. The van der Waals surface area contributed by atoms with Crippen molar-refractivity contribution in [2.45, 2.75) is 26.3 Å². The van der Waals surface area contributed by atoms with Crippen LogP contribution in [0.5, 0.6) is 0 Å². The zero-order valence-electron chi connectivity index (χ0n) is 9.68. The lowest BCUT2D eigenvalue weighted by atomic mass is 10.0. The molecule has 1 N–H and O–H groups in total. The molecule has 0 radical (unpaired) electrons. The Morgan fingerprint density at radius 1 is 1.53 bits per heavy atom. The van der Waals surface area contributed by atoms with Crippen LogP contribution >= 0.6 is 0 Å². The minimum absolute atomic E-state index is 0.306. The molecule has 0 saturated heterocycles. The molecule has 4 heteroatoms. The van der Waals surface area contributed by atoms with Crippen LogP contribution in [0.25, 0.3) is 11.0 Å². The lowest BCUT2D eigenvalue weighted by Crippen LogP contribution is -2.17. The zero-order valence-corrected chi connectivity index (χ0v) is 9.68. The Balaban J connectivity index is 2.17. The number of carbonyl (C=O) groups is 1. The molecular formula is C13H14N2O2. The fourth-order valence-corrected chi connectivity index (χ4v) is 2.48. The van der Waals surface area contributed by atoms with Gasteiger partial charge < -0.3 is 9.67 Å². The van der Waals surface area contributed by atoms with Crippen LogP contribution in [0.1, 0.15) is 29.5 Å². The van der Waals surface area contributed by atoms with E-state index in [2.05, 4.69) is 16.5 Å². The van der Waals surface area contributed by atoms with Crippen molar-refractivity contribution < 1.29 is 9.90 Å². The van der Waals surface area contributed by atoms with E-state index >= 15 is 0 Å². The molecular weight excluding hydrogens is 216 g/mol.